The van der Waals surface area contributed by atoms with Crippen LogP contribution in [0.5, 0.6) is 11.5 Å². The van der Waals surface area contributed by atoms with Gasteiger partial charge in [-0.25, -0.2) is 4.39 Å². The van der Waals surface area contributed by atoms with Crippen molar-refractivity contribution in [1.29, 1.82) is 0 Å². The first kappa shape index (κ1) is 14.3. The lowest BCUT2D eigenvalue weighted by Gasteiger charge is -2.21. The van der Waals surface area contributed by atoms with Crippen molar-refractivity contribution in [2.24, 2.45) is 0 Å². The van der Waals surface area contributed by atoms with E-state index in [9.17, 15) is 14.6 Å². The van der Waals surface area contributed by atoms with Gasteiger partial charge in [-0.1, -0.05) is 18.2 Å². The number of phenolic OH excluding ortho intramolecular Hbond substituents is 2. The molecular formula is C16H18FNO2. The fourth-order valence-corrected chi connectivity index (χ4v) is 2.21. The van der Waals surface area contributed by atoms with Crippen molar-refractivity contribution in [3.05, 3.63) is 59.4 Å². The largest absolute Gasteiger partial charge is 0.508 e. The number of nitrogens with one attached hydrogen (secondary N) is 1. The minimum Gasteiger partial charge on any atom is -0.508 e. The lowest BCUT2D eigenvalue weighted by atomic mass is 10.0. The third-order valence-corrected chi connectivity index (χ3v) is 3.35. The second-order valence-corrected chi connectivity index (χ2v) is 4.90. The van der Waals surface area contributed by atoms with E-state index in [1.165, 1.54) is 24.3 Å². The quantitative estimate of drug-likeness (QED) is 0.798. The van der Waals surface area contributed by atoms with E-state index in [4.69, 9.17) is 0 Å². The molecule has 0 fully saturated rings. The highest BCUT2D eigenvalue weighted by molar-refractivity contribution is 5.40. The molecule has 0 heterocycles. The van der Waals surface area contributed by atoms with Crippen LogP contribution in [0.1, 0.15) is 37.1 Å². The van der Waals surface area contributed by atoms with Crippen molar-refractivity contribution in [1.82, 2.24) is 5.32 Å². The first-order valence-corrected chi connectivity index (χ1v) is 6.50. The monoisotopic (exact) mass is 275 g/mol. The maximum atomic E-state index is 12.9. The average molecular weight is 275 g/mol. The Labute approximate surface area is 117 Å². The van der Waals surface area contributed by atoms with Crippen LogP contribution in [-0.2, 0) is 0 Å². The van der Waals surface area contributed by atoms with Crippen LogP contribution < -0.4 is 5.32 Å². The second-order valence-electron chi connectivity index (χ2n) is 4.90. The van der Waals surface area contributed by atoms with E-state index in [1.54, 1.807) is 18.2 Å². The molecule has 0 aromatic heterocycles. The van der Waals surface area contributed by atoms with E-state index in [0.717, 1.165) is 5.56 Å². The highest BCUT2D eigenvalue weighted by atomic mass is 19.1. The molecule has 0 bridgehead atoms. The van der Waals surface area contributed by atoms with Gasteiger partial charge in [-0.15, -0.1) is 0 Å². The SMILES string of the molecule is CC(N[C@@H](C)c1ccc(F)cc1)c1ccc(O)cc1O. The lowest BCUT2D eigenvalue weighted by Crippen LogP contribution is -2.22. The molecule has 0 spiro atoms. The summed E-state index contributed by atoms with van der Waals surface area (Å²) in [6.07, 6.45) is 0. The average Bonchev–Trinajstić information content (AvgIpc) is 2.39. The normalized spacial score (nSPS) is 13.9. The molecule has 0 aliphatic rings. The van der Waals surface area contributed by atoms with Crippen LogP contribution in [0.3, 0.4) is 0 Å². The standard InChI is InChI=1S/C16H18FNO2/c1-10(12-3-5-13(17)6-4-12)18-11(2)15-8-7-14(19)9-16(15)20/h3-11,18-20H,1-2H3/t10-,11?/m0/s1. The molecule has 0 saturated carbocycles. The summed E-state index contributed by atoms with van der Waals surface area (Å²) in [7, 11) is 0. The maximum absolute atomic E-state index is 12.9. The van der Waals surface area contributed by atoms with Crippen molar-refractivity contribution in [3.63, 3.8) is 0 Å². The van der Waals surface area contributed by atoms with Gasteiger partial charge in [0.2, 0.25) is 0 Å². The maximum Gasteiger partial charge on any atom is 0.124 e. The van der Waals surface area contributed by atoms with Gasteiger partial charge in [-0.3, -0.25) is 0 Å². The molecular weight excluding hydrogens is 257 g/mol. The number of hydrogen-bond donors (Lipinski definition) is 3. The van der Waals surface area contributed by atoms with Crippen LogP contribution in [0.2, 0.25) is 0 Å². The molecule has 0 aliphatic heterocycles. The van der Waals surface area contributed by atoms with Crippen LogP contribution in [0, 0.1) is 5.82 Å². The zero-order valence-corrected chi connectivity index (χ0v) is 11.5. The Morgan fingerprint density at radius 3 is 2.20 bits per heavy atom. The van der Waals surface area contributed by atoms with Gasteiger partial charge in [0.05, 0.1) is 0 Å². The Morgan fingerprint density at radius 2 is 1.60 bits per heavy atom. The molecule has 1 unspecified atom stereocenters. The molecule has 106 valence electrons. The van der Waals surface area contributed by atoms with Crippen LogP contribution in [0.4, 0.5) is 4.39 Å². The molecule has 0 aliphatic carbocycles. The van der Waals surface area contributed by atoms with Crippen LogP contribution in [0.15, 0.2) is 42.5 Å². The molecule has 20 heavy (non-hydrogen) atoms. The van der Waals surface area contributed by atoms with Crippen molar-refractivity contribution >= 4 is 0 Å². The number of hydrogen-bond acceptors (Lipinski definition) is 3. The van der Waals surface area contributed by atoms with E-state index in [0.29, 0.717) is 5.56 Å². The van der Waals surface area contributed by atoms with Gasteiger partial charge >= 0.3 is 0 Å². The summed E-state index contributed by atoms with van der Waals surface area (Å²) in [4.78, 5) is 0. The van der Waals surface area contributed by atoms with E-state index in [1.807, 2.05) is 13.8 Å². The minimum absolute atomic E-state index is 0.0128. The Morgan fingerprint density at radius 1 is 0.950 bits per heavy atom. The second kappa shape index (κ2) is 5.92. The number of halogens is 1. The molecule has 0 amide bonds. The van der Waals surface area contributed by atoms with Crippen LogP contribution in [0.25, 0.3) is 0 Å². The minimum atomic E-state index is -0.259. The fraction of sp³-hybridized carbons (Fsp3) is 0.250. The zero-order chi connectivity index (χ0) is 14.7. The molecule has 0 saturated heterocycles. The molecule has 2 atom stereocenters. The predicted molar refractivity (Wildman–Crippen MR) is 76.1 cm³/mol. The number of aromatic hydroxyl groups is 2. The summed E-state index contributed by atoms with van der Waals surface area (Å²) in [5.41, 5.74) is 1.67. The van der Waals surface area contributed by atoms with E-state index < -0.39 is 0 Å². The van der Waals surface area contributed by atoms with E-state index in [2.05, 4.69) is 5.32 Å². The van der Waals surface area contributed by atoms with Gasteiger partial charge in [-0.2, -0.15) is 0 Å². The summed E-state index contributed by atoms with van der Waals surface area (Å²) in [6.45, 7) is 3.90. The summed E-state index contributed by atoms with van der Waals surface area (Å²) < 4.78 is 12.9. The highest BCUT2D eigenvalue weighted by Gasteiger charge is 2.14. The zero-order valence-electron chi connectivity index (χ0n) is 11.5. The summed E-state index contributed by atoms with van der Waals surface area (Å²) in [6, 6.07) is 10.8. The van der Waals surface area contributed by atoms with Crippen molar-refractivity contribution in [2.75, 3.05) is 0 Å². The first-order chi connectivity index (χ1) is 9.47. The predicted octanol–water partition coefficient (Wildman–Crippen LogP) is 3.65. The van der Waals surface area contributed by atoms with Gasteiger partial charge < -0.3 is 15.5 Å². The van der Waals surface area contributed by atoms with Crippen LogP contribution in [-0.4, -0.2) is 10.2 Å². The number of phenols is 2. The molecule has 2 aromatic rings. The molecule has 2 rings (SSSR count). The highest BCUT2D eigenvalue weighted by Crippen LogP contribution is 2.29. The molecule has 3 N–H and O–H groups in total. The van der Waals surface area contributed by atoms with Crippen molar-refractivity contribution < 1.29 is 14.6 Å². The third-order valence-electron chi connectivity index (χ3n) is 3.35. The molecule has 4 heteroatoms. The van der Waals surface area contributed by atoms with Gasteiger partial charge in [0.25, 0.3) is 0 Å². The first-order valence-electron chi connectivity index (χ1n) is 6.50. The topological polar surface area (TPSA) is 52.5 Å². The molecule has 0 radical (unpaired) electrons. The molecule has 3 nitrogen and oxygen atoms in total. The van der Waals surface area contributed by atoms with Gasteiger partial charge in [0, 0.05) is 23.7 Å². The summed E-state index contributed by atoms with van der Waals surface area (Å²) in [5.74, 6) is -0.175. The summed E-state index contributed by atoms with van der Waals surface area (Å²) in [5, 5.41) is 22.4. The fourth-order valence-electron chi connectivity index (χ4n) is 2.21. The molecule has 2 aromatic carbocycles. The Bertz CT molecular complexity index is 584. The Kier molecular flexibility index (Phi) is 4.25. The van der Waals surface area contributed by atoms with Gasteiger partial charge in [0.1, 0.15) is 17.3 Å². The van der Waals surface area contributed by atoms with Gasteiger partial charge in [-0.05, 0) is 37.6 Å². The Hall–Kier alpha value is -2.07. The smallest absolute Gasteiger partial charge is 0.124 e. The number of rotatable bonds is 4. The van der Waals surface area contributed by atoms with E-state index >= 15 is 0 Å². The van der Waals surface area contributed by atoms with E-state index in [-0.39, 0.29) is 29.4 Å². The Balaban J connectivity index is 2.10. The van der Waals surface area contributed by atoms with Crippen molar-refractivity contribution in [2.45, 2.75) is 25.9 Å². The summed E-state index contributed by atoms with van der Waals surface area (Å²) >= 11 is 0. The lowest BCUT2D eigenvalue weighted by molar-refractivity contribution is 0.427. The van der Waals surface area contributed by atoms with Gasteiger partial charge in [0.15, 0.2) is 0 Å². The number of benzene rings is 2. The van der Waals surface area contributed by atoms with Crippen molar-refractivity contribution in [3.8, 4) is 11.5 Å². The third kappa shape index (κ3) is 3.27. The van der Waals surface area contributed by atoms with Crippen LogP contribution >= 0.6 is 0 Å².